The first-order valence-electron chi connectivity index (χ1n) is 6.74. The van der Waals surface area contributed by atoms with Crippen molar-refractivity contribution < 1.29 is 4.79 Å². The van der Waals surface area contributed by atoms with E-state index in [1.54, 1.807) is 34.5 Å². The zero-order valence-electron chi connectivity index (χ0n) is 11.7. The summed E-state index contributed by atoms with van der Waals surface area (Å²) in [5.41, 5.74) is 2.00. The van der Waals surface area contributed by atoms with E-state index in [1.807, 2.05) is 41.2 Å². The lowest BCUT2D eigenvalue weighted by Crippen LogP contribution is -2.20. The van der Waals surface area contributed by atoms with E-state index in [0.29, 0.717) is 6.54 Å². The number of rotatable bonds is 5. The Morgan fingerprint density at radius 2 is 2.32 bits per heavy atom. The van der Waals surface area contributed by atoms with Crippen LogP contribution in [-0.4, -0.2) is 20.7 Å². The Morgan fingerprint density at radius 3 is 3.09 bits per heavy atom. The van der Waals surface area contributed by atoms with E-state index >= 15 is 0 Å². The lowest BCUT2D eigenvalue weighted by Gasteiger charge is -2.05. The molecule has 6 heteroatoms. The fourth-order valence-electron chi connectivity index (χ4n) is 1.89. The first kappa shape index (κ1) is 14.2. The van der Waals surface area contributed by atoms with Gasteiger partial charge in [-0.1, -0.05) is 0 Å². The van der Waals surface area contributed by atoms with Crippen LogP contribution in [0.15, 0.2) is 59.7 Å². The highest BCUT2D eigenvalue weighted by molar-refractivity contribution is 7.08. The Balaban J connectivity index is 1.59. The molecule has 0 radical (unpaired) electrons. The molecule has 0 aromatic carbocycles. The van der Waals surface area contributed by atoms with Gasteiger partial charge in [-0.05, 0) is 52.2 Å². The standard InChI is InChI=1S/C16H14N4OS/c21-16(3-2-13-5-9-22-12-13)18-11-14-4-7-17-15(10-14)20-8-1-6-19-20/h1-10,12H,11H2,(H,18,21). The van der Waals surface area contributed by atoms with E-state index in [4.69, 9.17) is 0 Å². The maximum absolute atomic E-state index is 11.8. The number of carbonyl (C=O) groups excluding carboxylic acids is 1. The van der Waals surface area contributed by atoms with Crippen LogP contribution in [0.4, 0.5) is 0 Å². The van der Waals surface area contributed by atoms with Gasteiger partial charge in [0, 0.05) is 31.2 Å². The fourth-order valence-corrected chi connectivity index (χ4v) is 2.52. The molecule has 0 spiro atoms. The largest absolute Gasteiger partial charge is 0.348 e. The molecule has 3 rings (SSSR count). The molecule has 5 nitrogen and oxygen atoms in total. The van der Waals surface area contributed by atoms with E-state index < -0.39 is 0 Å². The van der Waals surface area contributed by atoms with E-state index in [-0.39, 0.29) is 5.91 Å². The third-order valence-electron chi connectivity index (χ3n) is 2.99. The van der Waals surface area contributed by atoms with Crippen LogP contribution < -0.4 is 5.32 Å². The Kier molecular flexibility index (Phi) is 4.41. The summed E-state index contributed by atoms with van der Waals surface area (Å²) in [6, 6.07) is 7.57. The third-order valence-corrected chi connectivity index (χ3v) is 3.69. The molecule has 3 aromatic rings. The van der Waals surface area contributed by atoms with Gasteiger partial charge in [0.1, 0.15) is 0 Å². The van der Waals surface area contributed by atoms with Crippen LogP contribution in [0, 0.1) is 0 Å². The summed E-state index contributed by atoms with van der Waals surface area (Å²) in [5.74, 6) is 0.606. The summed E-state index contributed by atoms with van der Waals surface area (Å²) in [6.45, 7) is 0.448. The highest BCUT2D eigenvalue weighted by atomic mass is 32.1. The van der Waals surface area contributed by atoms with Crippen molar-refractivity contribution in [3.05, 3.63) is 70.8 Å². The van der Waals surface area contributed by atoms with Gasteiger partial charge < -0.3 is 5.32 Å². The predicted molar refractivity (Wildman–Crippen MR) is 86.6 cm³/mol. The van der Waals surface area contributed by atoms with Crippen LogP contribution in [-0.2, 0) is 11.3 Å². The SMILES string of the molecule is O=C(C=Cc1ccsc1)NCc1ccnc(-n2cccn2)c1. The Hall–Kier alpha value is -2.73. The number of aromatic nitrogens is 3. The highest BCUT2D eigenvalue weighted by Gasteiger charge is 2.01. The number of nitrogens with zero attached hydrogens (tertiary/aromatic N) is 3. The maximum atomic E-state index is 11.8. The molecule has 110 valence electrons. The molecule has 0 aliphatic carbocycles. The molecule has 3 heterocycles. The Labute approximate surface area is 131 Å². The molecule has 3 aromatic heterocycles. The Morgan fingerprint density at radius 1 is 1.36 bits per heavy atom. The van der Waals surface area contributed by atoms with Crippen molar-refractivity contribution in [2.45, 2.75) is 6.54 Å². The number of hydrogen-bond acceptors (Lipinski definition) is 4. The molecule has 0 saturated heterocycles. The van der Waals surface area contributed by atoms with Crippen LogP contribution >= 0.6 is 11.3 Å². The van der Waals surface area contributed by atoms with Crippen LogP contribution in [0.25, 0.3) is 11.9 Å². The first-order valence-corrected chi connectivity index (χ1v) is 7.68. The molecule has 0 aliphatic heterocycles. The molecule has 0 unspecified atom stereocenters. The number of hydrogen-bond donors (Lipinski definition) is 1. The quantitative estimate of drug-likeness (QED) is 0.737. The molecule has 0 fully saturated rings. The lowest BCUT2D eigenvalue weighted by atomic mass is 10.2. The number of thiophene rings is 1. The zero-order valence-corrected chi connectivity index (χ0v) is 12.5. The van der Waals surface area contributed by atoms with Crippen molar-refractivity contribution in [2.24, 2.45) is 0 Å². The smallest absolute Gasteiger partial charge is 0.244 e. The highest BCUT2D eigenvalue weighted by Crippen LogP contribution is 2.08. The predicted octanol–water partition coefficient (Wildman–Crippen LogP) is 2.66. The number of amides is 1. The van der Waals surface area contributed by atoms with Crippen molar-refractivity contribution >= 4 is 23.3 Å². The summed E-state index contributed by atoms with van der Waals surface area (Å²) in [6.07, 6.45) is 8.57. The molecular formula is C16H14N4OS. The van der Waals surface area contributed by atoms with E-state index in [1.165, 1.54) is 6.08 Å². The number of carbonyl (C=O) groups is 1. The summed E-state index contributed by atoms with van der Waals surface area (Å²) < 4.78 is 1.68. The lowest BCUT2D eigenvalue weighted by molar-refractivity contribution is -0.116. The summed E-state index contributed by atoms with van der Waals surface area (Å²) in [4.78, 5) is 16.1. The van der Waals surface area contributed by atoms with Crippen molar-refractivity contribution in [2.75, 3.05) is 0 Å². The van der Waals surface area contributed by atoms with Crippen molar-refractivity contribution in [1.29, 1.82) is 0 Å². The van der Waals surface area contributed by atoms with Crippen molar-refractivity contribution in [1.82, 2.24) is 20.1 Å². The summed E-state index contributed by atoms with van der Waals surface area (Å²) >= 11 is 1.60. The summed E-state index contributed by atoms with van der Waals surface area (Å²) in [7, 11) is 0. The van der Waals surface area contributed by atoms with E-state index in [0.717, 1.165) is 16.9 Å². The fraction of sp³-hybridized carbons (Fsp3) is 0.0625. The van der Waals surface area contributed by atoms with Gasteiger partial charge in [-0.2, -0.15) is 16.4 Å². The molecule has 22 heavy (non-hydrogen) atoms. The van der Waals surface area contributed by atoms with Crippen molar-refractivity contribution in [3.8, 4) is 5.82 Å². The van der Waals surface area contributed by atoms with Gasteiger partial charge in [-0.15, -0.1) is 0 Å². The Bertz CT molecular complexity index is 763. The molecule has 1 amide bonds. The van der Waals surface area contributed by atoms with E-state index in [2.05, 4.69) is 15.4 Å². The molecular weight excluding hydrogens is 296 g/mol. The van der Waals surface area contributed by atoms with Crippen LogP contribution in [0.3, 0.4) is 0 Å². The minimum Gasteiger partial charge on any atom is -0.348 e. The van der Waals surface area contributed by atoms with Crippen molar-refractivity contribution in [3.63, 3.8) is 0 Å². The van der Waals surface area contributed by atoms with Crippen LogP contribution in [0.5, 0.6) is 0 Å². The van der Waals surface area contributed by atoms with Gasteiger partial charge in [0.2, 0.25) is 5.91 Å². The average Bonchev–Trinajstić information content (AvgIpc) is 3.24. The second-order valence-electron chi connectivity index (χ2n) is 4.58. The minimum absolute atomic E-state index is 0.122. The monoisotopic (exact) mass is 310 g/mol. The molecule has 0 aliphatic rings. The van der Waals surface area contributed by atoms with Crippen LogP contribution in [0.1, 0.15) is 11.1 Å². The number of pyridine rings is 1. The van der Waals surface area contributed by atoms with Crippen LogP contribution in [0.2, 0.25) is 0 Å². The molecule has 1 N–H and O–H groups in total. The molecule has 0 saturated carbocycles. The van der Waals surface area contributed by atoms with Gasteiger partial charge >= 0.3 is 0 Å². The van der Waals surface area contributed by atoms with Gasteiger partial charge in [0.25, 0.3) is 0 Å². The maximum Gasteiger partial charge on any atom is 0.244 e. The molecule has 0 atom stereocenters. The molecule has 0 bridgehead atoms. The number of nitrogens with one attached hydrogen (secondary N) is 1. The second kappa shape index (κ2) is 6.82. The topological polar surface area (TPSA) is 59.8 Å². The van der Waals surface area contributed by atoms with Gasteiger partial charge in [0.15, 0.2) is 5.82 Å². The van der Waals surface area contributed by atoms with E-state index in [9.17, 15) is 4.79 Å². The zero-order chi connectivity index (χ0) is 15.2. The minimum atomic E-state index is -0.122. The third kappa shape index (κ3) is 3.67. The van der Waals surface area contributed by atoms with Gasteiger partial charge in [-0.25, -0.2) is 9.67 Å². The average molecular weight is 310 g/mol. The summed E-state index contributed by atoms with van der Waals surface area (Å²) in [5, 5.41) is 11.0. The first-order chi connectivity index (χ1) is 10.8. The van der Waals surface area contributed by atoms with Gasteiger partial charge in [0.05, 0.1) is 0 Å². The van der Waals surface area contributed by atoms with Gasteiger partial charge in [-0.3, -0.25) is 4.79 Å². The second-order valence-corrected chi connectivity index (χ2v) is 5.36. The normalized spacial score (nSPS) is 10.9.